The van der Waals surface area contributed by atoms with Crippen LogP contribution in [0.15, 0.2) is 47.1 Å². The highest BCUT2D eigenvalue weighted by molar-refractivity contribution is 5.88. The molecule has 4 heteroatoms. The van der Waals surface area contributed by atoms with Gasteiger partial charge >= 0.3 is 0 Å². The SMILES string of the molecule is CC1(C(=O)NC(CO)c2ccco2)CCCc2ccccc21. The highest BCUT2D eigenvalue weighted by Gasteiger charge is 2.39. The zero-order chi connectivity index (χ0) is 15.6. The standard InChI is InChI=1S/C18H21NO3/c1-18(10-4-7-13-6-2-3-8-14(13)18)17(21)19-15(12-20)16-9-5-11-22-16/h2-3,5-6,8-9,11,15,20H,4,7,10,12H2,1H3,(H,19,21). The summed E-state index contributed by atoms with van der Waals surface area (Å²) in [5.74, 6) is 0.513. The third-order valence-corrected chi connectivity index (χ3v) is 4.61. The monoisotopic (exact) mass is 299 g/mol. The van der Waals surface area contributed by atoms with E-state index in [9.17, 15) is 9.90 Å². The van der Waals surface area contributed by atoms with Crippen molar-refractivity contribution >= 4 is 5.91 Å². The Hall–Kier alpha value is -2.07. The van der Waals surface area contributed by atoms with Crippen molar-refractivity contribution in [2.75, 3.05) is 6.61 Å². The van der Waals surface area contributed by atoms with Crippen LogP contribution >= 0.6 is 0 Å². The molecule has 1 aliphatic rings. The summed E-state index contributed by atoms with van der Waals surface area (Å²) >= 11 is 0. The Morgan fingerprint density at radius 1 is 1.36 bits per heavy atom. The third-order valence-electron chi connectivity index (χ3n) is 4.61. The molecule has 3 rings (SSSR count). The van der Waals surface area contributed by atoms with Crippen LogP contribution in [0.4, 0.5) is 0 Å². The van der Waals surface area contributed by atoms with Crippen LogP contribution < -0.4 is 5.32 Å². The molecule has 0 saturated carbocycles. The highest BCUT2D eigenvalue weighted by atomic mass is 16.3. The number of nitrogens with one attached hydrogen (secondary N) is 1. The zero-order valence-corrected chi connectivity index (χ0v) is 12.7. The number of hydrogen-bond acceptors (Lipinski definition) is 3. The lowest BCUT2D eigenvalue weighted by molar-refractivity contribution is -0.128. The first-order chi connectivity index (χ1) is 10.6. The molecule has 0 spiro atoms. The van der Waals surface area contributed by atoms with Gasteiger partial charge in [-0.2, -0.15) is 0 Å². The van der Waals surface area contributed by atoms with Gasteiger partial charge in [-0.25, -0.2) is 0 Å². The summed E-state index contributed by atoms with van der Waals surface area (Å²) in [6, 6.07) is 11.1. The van der Waals surface area contributed by atoms with Crippen LogP contribution in [0.2, 0.25) is 0 Å². The highest BCUT2D eigenvalue weighted by Crippen LogP contribution is 2.37. The lowest BCUT2D eigenvalue weighted by Gasteiger charge is -2.35. The Labute approximate surface area is 130 Å². The van der Waals surface area contributed by atoms with Gasteiger partial charge in [0.1, 0.15) is 11.8 Å². The number of benzene rings is 1. The average Bonchev–Trinajstić information content (AvgIpc) is 3.07. The molecule has 2 N–H and O–H groups in total. The minimum Gasteiger partial charge on any atom is -0.467 e. The maximum absolute atomic E-state index is 12.9. The van der Waals surface area contributed by atoms with E-state index in [1.807, 2.05) is 25.1 Å². The van der Waals surface area contributed by atoms with E-state index < -0.39 is 11.5 Å². The normalized spacial score (nSPS) is 21.9. The van der Waals surface area contributed by atoms with Gasteiger partial charge in [-0.3, -0.25) is 4.79 Å². The van der Waals surface area contributed by atoms with Crippen molar-refractivity contribution in [3.8, 4) is 0 Å². The van der Waals surface area contributed by atoms with Gasteiger partial charge in [0, 0.05) is 0 Å². The fraction of sp³-hybridized carbons (Fsp3) is 0.389. The van der Waals surface area contributed by atoms with E-state index in [4.69, 9.17) is 4.42 Å². The van der Waals surface area contributed by atoms with Crippen molar-refractivity contribution in [3.63, 3.8) is 0 Å². The Kier molecular flexibility index (Phi) is 4.03. The second-order valence-electron chi connectivity index (χ2n) is 6.07. The first-order valence-electron chi connectivity index (χ1n) is 7.69. The van der Waals surface area contributed by atoms with Crippen LogP contribution in [0.5, 0.6) is 0 Å². The molecule has 1 amide bonds. The average molecular weight is 299 g/mol. The van der Waals surface area contributed by atoms with Gasteiger partial charge in [0.05, 0.1) is 18.3 Å². The fourth-order valence-electron chi connectivity index (χ4n) is 3.29. The molecule has 22 heavy (non-hydrogen) atoms. The maximum atomic E-state index is 12.9. The van der Waals surface area contributed by atoms with Crippen molar-refractivity contribution in [2.24, 2.45) is 0 Å². The first-order valence-corrected chi connectivity index (χ1v) is 7.69. The summed E-state index contributed by atoms with van der Waals surface area (Å²) in [7, 11) is 0. The second-order valence-corrected chi connectivity index (χ2v) is 6.07. The third kappa shape index (κ3) is 2.55. The lowest BCUT2D eigenvalue weighted by atomic mass is 9.70. The Bertz CT molecular complexity index is 650. The Morgan fingerprint density at radius 3 is 2.91 bits per heavy atom. The van der Waals surface area contributed by atoms with Crippen molar-refractivity contribution < 1.29 is 14.3 Å². The quantitative estimate of drug-likeness (QED) is 0.912. The van der Waals surface area contributed by atoms with E-state index in [-0.39, 0.29) is 12.5 Å². The molecule has 1 aromatic heterocycles. The molecular formula is C18H21NO3. The van der Waals surface area contributed by atoms with Crippen LogP contribution in [0, 0.1) is 0 Å². The van der Waals surface area contributed by atoms with Crippen LogP contribution in [0.3, 0.4) is 0 Å². The largest absolute Gasteiger partial charge is 0.467 e. The van der Waals surface area contributed by atoms with Crippen LogP contribution in [-0.2, 0) is 16.6 Å². The number of rotatable bonds is 4. The first kappa shape index (κ1) is 14.9. The number of fused-ring (bicyclic) bond motifs is 1. The van der Waals surface area contributed by atoms with Gasteiger partial charge in [0.25, 0.3) is 0 Å². The molecule has 0 aliphatic heterocycles. The van der Waals surface area contributed by atoms with Gasteiger partial charge in [-0.1, -0.05) is 24.3 Å². The minimum absolute atomic E-state index is 0.0601. The van der Waals surface area contributed by atoms with E-state index in [1.165, 1.54) is 5.56 Å². The molecule has 0 bridgehead atoms. The van der Waals surface area contributed by atoms with E-state index in [0.29, 0.717) is 5.76 Å². The number of aliphatic hydroxyl groups is 1. The predicted molar refractivity (Wildman–Crippen MR) is 83.4 cm³/mol. The number of amides is 1. The Balaban J connectivity index is 1.86. The molecule has 1 aromatic carbocycles. The van der Waals surface area contributed by atoms with Crippen molar-refractivity contribution in [3.05, 3.63) is 59.5 Å². The molecule has 0 fully saturated rings. The topological polar surface area (TPSA) is 62.5 Å². The van der Waals surface area contributed by atoms with Gasteiger partial charge in [0.2, 0.25) is 5.91 Å². The number of hydrogen-bond donors (Lipinski definition) is 2. The summed E-state index contributed by atoms with van der Waals surface area (Å²) in [5.41, 5.74) is 1.77. The van der Waals surface area contributed by atoms with E-state index >= 15 is 0 Å². The van der Waals surface area contributed by atoms with E-state index in [2.05, 4.69) is 11.4 Å². The summed E-state index contributed by atoms with van der Waals surface area (Å²) in [6.45, 7) is 1.80. The molecule has 0 saturated heterocycles. The maximum Gasteiger partial charge on any atom is 0.231 e. The van der Waals surface area contributed by atoms with Crippen molar-refractivity contribution in [1.82, 2.24) is 5.32 Å². The number of carbonyl (C=O) groups is 1. The molecule has 2 atom stereocenters. The van der Waals surface area contributed by atoms with Gasteiger partial charge < -0.3 is 14.8 Å². The molecular weight excluding hydrogens is 278 g/mol. The summed E-state index contributed by atoms with van der Waals surface area (Å²) in [5, 5.41) is 12.5. The summed E-state index contributed by atoms with van der Waals surface area (Å²) < 4.78 is 5.30. The van der Waals surface area contributed by atoms with Gasteiger partial charge in [-0.15, -0.1) is 0 Å². The number of aliphatic hydroxyl groups excluding tert-OH is 1. The Morgan fingerprint density at radius 2 is 2.18 bits per heavy atom. The number of furan rings is 1. The van der Waals surface area contributed by atoms with Crippen LogP contribution in [-0.4, -0.2) is 17.6 Å². The van der Waals surface area contributed by atoms with E-state index in [1.54, 1.807) is 18.4 Å². The number of carbonyl (C=O) groups excluding carboxylic acids is 1. The fourth-order valence-corrected chi connectivity index (χ4v) is 3.29. The van der Waals surface area contributed by atoms with Crippen molar-refractivity contribution in [1.29, 1.82) is 0 Å². The molecule has 2 unspecified atom stereocenters. The van der Waals surface area contributed by atoms with Gasteiger partial charge in [-0.05, 0) is 49.4 Å². The van der Waals surface area contributed by atoms with Crippen LogP contribution in [0.1, 0.15) is 42.7 Å². The lowest BCUT2D eigenvalue weighted by Crippen LogP contribution is -2.46. The molecule has 1 aliphatic carbocycles. The molecule has 0 radical (unpaired) electrons. The summed E-state index contributed by atoms with van der Waals surface area (Å²) in [6.07, 6.45) is 4.36. The molecule has 116 valence electrons. The van der Waals surface area contributed by atoms with Crippen LogP contribution in [0.25, 0.3) is 0 Å². The molecule has 4 nitrogen and oxygen atoms in total. The number of aryl methyl sites for hydroxylation is 1. The molecule has 1 heterocycles. The molecule has 2 aromatic rings. The predicted octanol–water partition coefficient (Wildman–Crippen LogP) is 2.72. The van der Waals surface area contributed by atoms with Gasteiger partial charge in [0.15, 0.2) is 0 Å². The van der Waals surface area contributed by atoms with Crippen molar-refractivity contribution in [2.45, 2.75) is 37.6 Å². The van der Waals surface area contributed by atoms with E-state index in [0.717, 1.165) is 24.8 Å². The summed E-state index contributed by atoms with van der Waals surface area (Å²) in [4.78, 5) is 12.9. The second kappa shape index (κ2) is 5.97. The smallest absolute Gasteiger partial charge is 0.231 e. The minimum atomic E-state index is -0.561. The zero-order valence-electron chi connectivity index (χ0n) is 12.7.